The maximum atomic E-state index is 12.3. The molecule has 1 amide bonds. The number of amides is 1. The zero-order chi connectivity index (χ0) is 17.5. The summed E-state index contributed by atoms with van der Waals surface area (Å²) in [4.78, 5) is 14.6. The van der Waals surface area contributed by atoms with Gasteiger partial charge in [-0.3, -0.25) is 4.79 Å². The Bertz CT molecular complexity index is 664. The zero-order valence-corrected chi connectivity index (χ0v) is 14.8. The average molecular weight is 338 g/mol. The lowest BCUT2D eigenvalue weighted by atomic mass is 9.99. The van der Waals surface area contributed by atoms with Gasteiger partial charge in [0.15, 0.2) is 0 Å². The minimum atomic E-state index is 0.0682. The Kier molecular flexibility index (Phi) is 6.07. The molecule has 0 saturated carbocycles. The molecule has 0 bridgehead atoms. The van der Waals surface area contributed by atoms with Crippen molar-refractivity contribution >= 4 is 17.3 Å². The number of ether oxygens (including phenoxy) is 1. The summed E-state index contributed by atoms with van der Waals surface area (Å²) in [5, 5.41) is 3.03. The SMILES string of the molecule is CCN(Cc1ccccc1)c1ccc(NC(=O)C2CCOCC2)cc1. The maximum absolute atomic E-state index is 12.3. The fourth-order valence-corrected chi connectivity index (χ4v) is 3.15. The highest BCUT2D eigenvalue weighted by Crippen LogP contribution is 2.22. The third kappa shape index (κ3) is 4.83. The Hall–Kier alpha value is -2.33. The molecule has 2 aromatic rings. The molecule has 1 saturated heterocycles. The first kappa shape index (κ1) is 17.5. The lowest BCUT2D eigenvalue weighted by molar-refractivity contribution is -0.122. The predicted octanol–water partition coefficient (Wildman–Crippen LogP) is 4.08. The molecule has 1 aliphatic heterocycles. The van der Waals surface area contributed by atoms with E-state index in [0.717, 1.165) is 37.3 Å². The van der Waals surface area contributed by atoms with E-state index >= 15 is 0 Å². The Morgan fingerprint density at radius 1 is 1.08 bits per heavy atom. The molecule has 1 fully saturated rings. The number of anilines is 2. The van der Waals surface area contributed by atoms with Gasteiger partial charge in [-0.2, -0.15) is 0 Å². The standard InChI is InChI=1S/C21H26N2O2/c1-2-23(16-17-6-4-3-5-7-17)20-10-8-19(9-11-20)22-21(24)18-12-14-25-15-13-18/h3-11,18H,2,12-16H2,1H3,(H,22,24). The minimum Gasteiger partial charge on any atom is -0.381 e. The summed E-state index contributed by atoms with van der Waals surface area (Å²) >= 11 is 0. The van der Waals surface area contributed by atoms with E-state index in [4.69, 9.17) is 4.74 Å². The van der Waals surface area contributed by atoms with Crippen LogP contribution >= 0.6 is 0 Å². The summed E-state index contributed by atoms with van der Waals surface area (Å²) < 4.78 is 5.32. The van der Waals surface area contributed by atoms with Crippen LogP contribution in [0.1, 0.15) is 25.3 Å². The number of carbonyl (C=O) groups is 1. The fourth-order valence-electron chi connectivity index (χ4n) is 3.15. The molecular formula is C21H26N2O2. The number of rotatable bonds is 6. The van der Waals surface area contributed by atoms with Crippen molar-refractivity contribution in [2.45, 2.75) is 26.3 Å². The number of carbonyl (C=O) groups excluding carboxylic acids is 1. The van der Waals surface area contributed by atoms with Gasteiger partial charge in [0.05, 0.1) is 0 Å². The topological polar surface area (TPSA) is 41.6 Å². The highest BCUT2D eigenvalue weighted by atomic mass is 16.5. The van der Waals surface area contributed by atoms with Crippen molar-refractivity contribution < 1.29 is 9.53 Å². The molecule has 0 atom stereocenters. The first-order valence-electron chi connectivity index (χ1n) is 9.04. The number of nitrogens with one attached hydrogen (secondary N) is 1. The molecule has 0 aliphatic carbocycles. The van der Waals surface area contributed by atoms with Crippen molar-refractivity contribution in [2.75, 3.05) is 30.0 Å². The molecule has 0 unspecified atom stereocenters. The molecule has 3 rings (SSSR count). The van der Waals surface area contributed by atoms with Gasteiger partial charge in [0.1, 0.15) is 0 Å². The van der Waals surface area contributed by atoms with Gasteiger partial charge < -0.3 is 15.0 Å². The van der Waals surface area contributed by atoms with Crippen LogP contribution in [-0.2, 0) is 16.1 Å². The van der Waals surface area contributed by atoms with Gasteiger partial charge in [-0.05, 0) is 49.6 Å². The van der Waals surface area contributed by atoms with Gasteiger partial charge in [0, 0.05) is 43.6 Å². The number of nitrogens with zero attached hydrogens (tertiary/aromatic N) is 1. The molecule has 132 valence electrons. The normalized spacial score (nSPS) is 14.9. The minimum absolute atomic E-state index is 0.0682. The maximum Gasteiger partial charge on any atom is 0.227 e. The van der Waals surface area contributed by atoms with Gasteiger partial charge in [-0.25, -0.2) is 0 Å². The predicted molar refractivity (Wildman–Crippen MR) is 102 cm³/mol. The first-order chi connectivity index (χ1) is 12.3. The zero-order valence-electron chi connectivity index (χ0n) is 14.8. The van der Waals surface area contributed by atoms with Crippen LogP contribution < -0.4 is 10.2 Å². The molecule has 25 heavy (non-hydrogen) atoms. The third-order valence-corrected chi connectivity index (χ3v) is 4.69. The number of hydrogen-bond donors (Lipinski definition) is 1. The van der Waals surface area contributed by atoms with Crippen molar-refractivity contribution in [1.82, 2.24) is 0 Å². The highest BCUT2D eigenvalue weighted by Gasteiger charge is 2.21. The van der Waals surface area contributed by atoms with E-state index < -0.39 is 0 Å². The van der Waals surface area contributed by atoms with Crippen LogP contribution in [0, 0.1) is 5.92 Å². The number of hydrogen-bond acceptors (Lipinski definition) is 3. The Balaban J connectivity index is 1.61. The van der Waals surface area contributed by atoms with Crippen molar-refractivity contribution in [3.8, 4) is 0 Å². The van der Waals surface area contributed by atoms with Gasteiger partial charge >= 0.3 is 0 Å². The van der Waals surface area contributed by atoms with E-state index in [2.05, 4.69) is 53.5 Å². The van der Waals surface area contributed by atoms with Crippen LogP contribution in [0.15, 0.2) is 54.6 Å². The summed E-state index contributed by atoms with van der Waals surface area (Å²) in [5.41, 5.74) is 3.31. The monoisotopic (exact) mass is 338 g/mol. The third-order valence-electron chi connectivity index (χ3n) is 4.69. The van der Waals surface area contributed by atoms with Crippen molar-refractivity contribution in [3.63, 3.8) is 0 Å². The highest BCUT2D eigenvalue weighted by molar-refractivity contribution is 5.92. The lowest BCUT2D eigenvalue weighted by Crippen LogP contribution is -2.28. The van der Waals surface area contributed by atoms with Crippen LogP contribution in [0.3, 0.4) is 0 Å². The molecule has 0 spiro atoms. The summed E-state index contributed by atoms with van der Waals surface area (Å²) in [6.07, 6.45) is 1.62. The summed E-state index contributed by atoms with van der Waals surface area (Å²) in [5.74, 6) is 0.173. The Morgan fingerprint density at radius 2 is 1.76 bits per heavy atom. The van der Waals surface area contributed by atoms with E-state index in [0.29, 0.717) is 13.2 Å². The first-order valence-corrected chi connectivity index (χ1v) is 9.04. The smallest absolute Gasteiger partial charge is 0.227 e. The molecule has 0 radical (unpaired) electrons. The Labute approximate surface area is 149 Å². The quantitative estimate of drug-likeness (QED) is 0.863. The second kappa shape index (κ2) is 8.67. The molecule has 4 nitrogen and oxygen atoms in total. The summed E-state index contributed by atoms with van der Waals surface area (Å²) in [6, 6.07) is 18.6. The van der Waals surface area contributed by atoms with Crippen LogP contribution in [0.25, 0.3) is 0 Å². The van der Waals surface area contributed by atoms with Crippen molar-refractivity contribution in [3.05, 3.63) is 60.2 Å². The Morgan fingerprint density at radius 3 is 2.40 bits per heavy atom. The molecule has 1 aliphatic rings. The lowest BCUT2D eigenvalue weighted by Gasteiger charge is -2.24. The van der Waals surface area contributed by atoms with E-state index in [1.807, 2.05) is 18.2 Å². The van der Waals surface area contributed by atoms with E-state index in [-0.39, 0.29) is 11.8 Å². The summed E-state index contributed by atoms with van der Waals surface area (Å²) in [6.45, 7) is 5.33. The van der Waals surface area contributed by atoms with Gasteiger partial charge in [-0.1, -0.05) is 30.3 Å². The molecule has 4 heteroatoms. The molecule has 0 aromatic heterocycles. The van der Waals surface area contributed by atoms with E-state index in [1.165, 1.54) is 5.56 Å². The summed E-state index contributed by atoms with van der Waals surface area (Å²) in [7, 11) is 0. The molecule has 1 heterocycles. The fraction of sp³-hybridized carbons (Fsp3) is 0.381. The van der Waals surface area contributed by atoms with Crippen LogP contribution in [0.4, 0.5) is 11.4 Å². The second-order valence-electron chi connectivity index (χ2n) is 6.42. The average Bonchev–Trinajstić information content (AvgIpc) is 2.68. The van der Waals surface area contributed by atoms with Gasteiger partial charge in [0.25, 0.3) is 0 Å². The van der Waals surface area contributed by atoms with Crippen LogP contribution in [-0.4, -0.2) is 25.7 Å². The number of benzene rings is 2. The largest absolute Gasteiger partial charge is 0.381 e. The molecular weight excluding hydrogens is 312 g/mol. The van der Waals surface area contributed by atoms with Crippen molar-refractivity contribution in [1.29, 1.82) is 0 Å². The van der Waals surface area contributed by atoms with E-state index in [1.54, 1.807) is 0 Å². The van der Waals surface area contributed by atoms with E-state index in [9.17, 15) is 4.79 Å². The van der Waals surface area contributed by atoms with Crippen molar-refractivity contribution in [2.24, 2.45) is 5.92 Å². The van der Waals surface area contributed by atoms with Crippen LogP contribution in [0.2, 0.25) is 0 Å². The molecule has 2 aromatic carbocycles. The van der Waals surface area contributed by atoms with Gasteiger partial charge in [0.2, 0.25) is 5.91 Å². The van der Waals surface area contributed by atoms with Crippen LogP contribution in [0.5, 0.6) is 0 Å². The van der Waals surface area contributed by atoms with Gasteiger partial charge in [-0.15, -0.1) is 0 Å². The second-order valence-corrected chi connectivity index (χ2v) is 6.42. The molecule has 1 N–H and O–H groups in total.